The number of ketones is 2. The fourth-order valence-electron chi connectivity index (χ4n) is 2.46. The van der Waals surface area contributed by atoms with Crippen molar-refractivity contribution in [1.29, 1.82) is 0 Å². The zero-order chi connectivity index (χ0) is 20.9. The highest BCUT2D eigenvalue weighted by Crippen LogP contribution is 2.22. The lowest BCUT2D eigenvalue weighted by Crippen LogP contribution is -2.32. The van der Waals surface area contributed by atoms with Crippen LogP contribution < -0.4 is 0 Å². The number of carbonyl (C=O) groups excluding carboxylic acids is 2. The van der Waals surface area contributed by atoms with Gasteiger partial charge in [-0.15, -0.1) is 0 Å². The number of carbonyl (C=O) groups is 2. The van der Waals surface area contributed by atoms with Crippen molar-refractivity contribution >= 4 is 30.5 Å². The van der Waals surface area contributed by atoms with Crippen LogP contribution in [0.4, 0.5) is 0 Å². The number of allylic oxidation sites excluding steroid dienone is 1. The Morgan fingerprint density at radius 2 is 1.93 bits per heavy atom. The molecule has 0 rings (SSSR count). The molecule has 0 aliphatic rings. The highest BCUT2D eigenvalue weighted by atomic mass is 31.0. The lowest BCUT2D eigenvalue weighted by molar-refractivity contribution is -0.131. The zero-order valence-corrected chi connectivity index (χ0v) is 19.3. The molecule has 5 atom stereocenters. The molecule has 0 fully saturated rings. The molecule has 6 nitrogen and oxygen atoms in total. The van der Waals surface area contributed by atoms with E-state index in [9.17, 15) is 14.7 Å². The summed E-state index contributed by atoms with van der Waals surface area (Å²) in [6.07, 6.45) is 4.06. The highest BCUT2D eigenvalue weighted by Gasteiger charge is 2.28. The maximum Gasteiger partial charge on any atom is 0.149 e. The van der Waals surface area contributed by atoms with Gasteiger partial charge in [0.25, 0.3) is 0 Å². The lowest BCUT2D eigenvalue weighted by atomic mass is 9.84. The highest BCUT2D eigenvalue weighted by molar-refractivity contribution is 7.10. The molecule has 0 spiro atoms. The van der Waals surface area contributed by atoms with E-state index >= 15 is 0 Å². The Hall–Kier alpha value is -0.220. The van der Waals surface area contributed by atoms with Crippen molar-refractivity contribution in [3.8, 4) is 0 Å². The van der Waals surface area contributed by atoms with Crippen LogP contribution in [0.1, 0.15) is 59.8 Å². The van der Waals surface area contributed by atoms with Crippen LogP contribution >= 0.6 is 18.9 Å². The Bertz CT molecular complexity index is 467. The van der Waals surface area contributed by atoms with Crippen LogP contribution in [0.25, 0.3) is 0 Å². The molecule has 1 N–H and O–H groups in total. The summed E-state index contributed by atoms with van der Waals surface area (Å²) in [7, 11) is 4.32. The number of hydrogen-bond donors (Lipinski definition) is 1. The lowest BCUT2D eigenvalue weighted by Gasteiger charge is -2.25. The van der Waals surface area contributed by atoms with Crippen LogP contribution in [0.2, 0.25) is 0 Å². The fraction of sp³-hybridized carbons (Fsp3) is 0.789. The molecule has 0 radical (unpaired) electrons. The Morgan fingerprint density at radius 1 is 1.26 bits per heavy atom. The minimum atomic E-state index is -0.878. The first-order valence-corrected chi connectivity index (χ1v) is 10.3. The van der Waals surface area contributed by atoms with E-state index < -0.39 is 11.5 Å². The van der Waals surface area contributed by atoms with Crippen molar-refractivity contribution in [2.24, 2.45) is 5.41 Å². The standard InChI is InChI=1S/C19H36O6P2/c1-5-6-9-23-14(2)17(25-27)12-15(20)11-16(21)13-18(22)19(3,4)8-7-10-24-26/h7-8,14-15,17,20H,5-6,9-13,26-27H2,1-4H3/b8-7+/t14-,15+,17-/m1/s1. The third-order valence-corrected chi connectivity index (χ3v) is 4.89. The SMILES string of the molecule is CCCCO[C@H](C)[C@@H](C[C@@H](O)CC(=O)CC(=O)C(C)(C)/C=C/COP)OP. The predicted molar refractivity (Wildman–Crippen MR) is 113 cm³/mol. The fourth-order valence-corrected chi connectivity index (χ4v) is 2.91. The van der Waals surface area contributed by atoms with E-state index in [4.69, 9.17) is 13.8 Å². The Kier molecular flexibility index (Phi) is 14.6. The van der Waals surface area contributed by atoms with Crippen molar-refractivity contribution in [2.45, 2.75) is 78.1 Å². The molecular weight excluding hydrogens is 386 g/mol. The molecule has 2 unspecified atom stereocenters. The second-order valence-electron chi connectivity index (χ2n) is 7.29. The number of ether oxygens (including phenoxy) is 1. The maximum absolute atomic E-state index is 12.3. The predicted octanol–water partition coefficient (Wildman–Crippen LogP) is 3.43. The first kappa shape index (κ1) is 26.8. The molecule has 0 saturated carbocycles. The molecule has 0 aromatic rings. The van der Waals surface area contributed by atoms with Crippen LogP contribution in [0.15, 0.2) is 12.2 Å². The summed E-state index contributed by atoms with van der Waals surface area (Å²) in [6, 6.07) is 0. The van der Waals surface area contributed by atoms with Crippen molar-refractivity contribution < 1.29 is 28.5 Å². The van der Waals surface area contributed by atoms with Gasteiger partial charge in [-0.05, 0) is 27.2 Å². The van der Waals surface area contributed by atoms with E-state index in [-0.39, 0.29) is 43.0 Å². The monoisotopic (exact) mass is 422 g/mol. The topological polar surface area (TPSA) is 82.1 Å². The van der Waals surface area contributed by atoms with Gasteiger partial charge in [0.2, 0.25) is 0 Å². The number of Topliss-reactive ketones (excluding diaryl/α,β-unsaturated/α-hetero) is 2. The smallest absolute Gasteiger partial charge is 0.149 e. The summed E-state index contributed by atoms with van der Waals surface area (Å²) in [6.45, 7) is 8.49. The Labute approximate surface area is 168 Å². The van der Waals surface area contributed by atoms with E-state index in [1.54, 1.807) is 26.0 Å². The minimum Gasteiger partial charge on any atom is -0.393 e. The second-order valence-corrected chi connectivity index (χ2v) is 7.90. The number of rotatable bonds is 16. The first-order valence-electron chi connectivity index (χ1n) is 9.37. The van der Waals surface area contributed by atoms with Gasteiger partial charge in [-0.2, -0.15) is 0 Å². The van der Waals surface area contributed by atoms with Crippen molar-refractivity contribution in [3.63, 3.8) is 0 Å². The summed E-state index contributed by atoms with van der Waals surface area (Å²) in [5, 5.41) is 10.2. The quantitative estimate of drug-likeness (QED) is 0.178. The van der Waals surface area contributed by atoms with Crippen LogP contribution in [-0.4, -0.2) is 48.2 Å². The van der Waals surface area contributed by atoms with Gasteiger partial charge in [0.05, 0.1) is 31.3 Å². The van der Waals surface area contributed by atoms with Crippen LogP contribution in [0.5, 0.6) is 0 Å². The van der Waals surface area contributed by atoms with Gasteiger partial charge < -0.3 is 18.9 Å². The molecule has 0 aromatic carbocycles. The molecular formula is C19H36O6P2. The van der Waals surface area contributed by atoms with Crippen LogP contribution in [-0.2, 0) is 23.4 Å². The van der Waals surface area contributed by atoms with Gasteiger partial charge in [0, 0.05) is 43.8 Å². The maximum atomic E-state index is 12.3. The van der Waals surface area contributed by atoms with E-state index in [1.165, 1.54) is 0 Å². The number of aliphatic hydroxyl groups is 1. The molecule has 0 heterocycles. The van der Waals surface area contributed by atoms with E-state index in [1.807, 2.05) is 6.92 Å². The molecule has 27 heavy (non-hydrogen) atoms. The molecule has 0 amide bonds. The Morgan fingerprint density at radius 3 is 2.48 bits per heavy atom. The van der Waals surface area contributed by atoms with E-state index in [0.29, 0.717) is 13.2 Å². The van der Waals surface area contributed by atoms with Crippen molar-refractivity contribution in [1.82, 2.24) is 0 Å². The molecule has 158 valence electrons. The van der Waals surface area contributed by atoms with Gasteiger partial charge in [-0.25, -0.2) is 0 Å². The first-order chi connectivity index (χ1) is 12.7. The van der Waals surface area contributed by atoms with Gasteiger partial charge in [0.15, 0.2) is 0 Å². The molecule has 0 aromatic heterocycles. The van der Waals surface area contributed by atoms with E-state index in [2.05, 4.69) is 25.9 Å². The van der Waals surface area contributed by atoms with Crippen LogP contribution in [0, 0.1) is 5.41 Å². The van der Waals surface area contributed by atoms with Gasteiger partial charge in [0.1, 0.15) is 11.6 Å². The largest absolute Gasteiger partial charge is 0.393 e. The number of unbranched alkanes of at least 4 members (excludes halogenated alkanes) is 1. The summed E-state index contributed by atoms with van der Waals surface area (Å²) >= 11 is 0. The molecule has 0 saturated heterocycles. The van der Waals surface area contributed by atoms with Crippen molar-refractivity contribution in [2.75, 3.05) is 13.2 Å². The molecule has 0 bridgehead atoms. The summed E-state index contributed by atoms with van der Waals surface area (Å²) in [5.74, 6) is -0.465. The Balaban J connectivity index is 4.48. The molecule has 0 aliphatic carbocycles. The minimum absolute atomic E-state index is 0.0769. The van der Waals surface area contributed by atoms with Crippen molar-refractivity contribution in [3.05, 3.63) is 12.2 Å². The summed E-state index contributed by atoms with van der Waals surface area (Å²) in [4.78, 5) is 24.5. The number of aliphatic hydroxyl groups excluding tert-OH is 1. The van der Waals surface area contributed by atoms with Gasteiger partial charge >= 0.3 is 0 Å². The molecule has 8 heteroatoms. The summed E-state index contributed by atoms with van der Waals surface area (Å²) in [5.41, 5.74) is -0.753. The number of hydrogen-bond acceptors (Lipinski definition) is 6. The average Bonchev–Trinajstić information content (AvgIpc) is 2.59. The van der Waals surface area contributed by atoms with Gasteiger partial charge in [-0.3, -0.25) is 9.59 Å². The third-order valence-electron chi connectivity index (χ3n) is 4.35. The zero-order valence-electron chi connectivity index (χ0n) is 17.0. The second kappa shape index (κ2) is 14.7. The van der Waals surface area contributed by atoms with E-state index in [0.717, 1.165) is 12.8 Å². The molecule has 0 aliphatic heterocycles. The average molecular weight is 422 g/mol. The van der Waals surface area contributed by atoms with Crippen LogP contribution in [0.3, 0.4) is 0 Å². The third kappa shape index (κ3) is 12.1. The summed E-state index contributed by atoms with van der Waals surface area (Å²) < 4.78 is 15.8. The van der Waals surface area contributed by atoms with Gasteiger partial charge in [-0.1, -0.05) is 25.5 Å². The normalized spacial score (nSPS) is 15.7.